The van der Waals surface area contributed by atoms with Gasteiger partial charge in [-0.05, 0) is 28.1 Å². The van der Waals surface area contributed by atoms with Crippen LogP contribution in [0.4, 0.5) is 0 Å². The highest BCUT2D eigenvalue weighted by Gasteiger charge is 2.19. The van der Waals surface area contributed by atoms with Crippen molar-refractivity contribution in [1.29, 1.82) is 0 Å². The van der Waals surface area contributed by atoms with Crippen LogP contribution in [-0.4, -0.2) is 20.5 Å². The number of ketones is 1. The molecule has 0 bridgehead atoms. The first-order valence-electron chi connectivity index (χ1n) is 5.74. The van der Waals surface area contributed by atoms with Gasteiger partial charge in [0, 0.05) is 24.2 Å². The third-order valence-electron chi connectivity index (χ3n) is 3.00. The highest BCUT2D eigenvalue weighted by atomic mass is 79.9. The number of halogens is 1. The smallest absolute Gasteiger partial charge is 0.212 e. The number of nitrogens with zero attached hydrogens (tertiary/aromatic N) is 3. The van der Waals surface area contributed by atoms with Gasteiger partial charge in [-0.3, -0.25) is 14.5 Å². The Morgan fingerprint density at radius 3 is 2.84 bits per heavy atom. The van der Waals surface area contributed by atoms with Gasteiger partial charge in [0.15, 0.2) is 0 Å². The van der Waals surface area contributed by atoms with Crippen molar-refractivity contribution in [1.82, 2.24) is 14.8 Å². The zero-order valence-corrected chi connectivity index (χ0v) is 11.8. The minimum Gasteiger partial charge on any atom is -0.287 e. The van der Waals surface area contributed by atoms with Crippen molar-refractivity contribution in [3.8, 4) is 0 Å². The molecule has 3 rings (SSSR count). The van der Waals surface area contributed by atoms with Crippen molar-refractivity contribution in [2.45, 2.75) is 0 Å². The van der Waals surface area contributed by atoms with Crippen LogP contribution in [0, 0.1) is 0 Å². The molecule has 0 aliphatic heterocycles. The van der Waals surface area contributed by atoms with Crippen LogP contribution in [0.3, 0.4) is 0 Å². The molecular weight excluding hydrogens is 306 g/mol. The summed E-state index contributed by atoms with van der Waals surface area (Å²) >= 11 is 3.36. The lowest BCUT2D eigenvalue weighted by molar-refractivity contribution is 0.103. The zero-order valence-electron chi connectivity index (χ0n) is 10.2. The molecule has 0 N–H and O–H groups in total. The minimum absolute atomic E-state index is 0.0644. The maximum absolute atomic E-state index is 12.6. The van der Waals surface area contributed by atoms with Crippen LogP contribution >= 0.6 is 15.9 Å². The van der Waals surface area contributed by atoms with Crippen molar-refractivity contribution in [3.05, 3.63) is 58.5 Å². The number of aryl methyl sites for hydroxylation is 1. The van der Waals surface area contributed by atoms with E-state index in [-0.39, 0.29) is 5.78 Å². The molecule has 0 saturated carbocycles. The molecule has 0 radical (unpaired) electrons. The summed E-state index contributed by atoms with van der Waals surface area (Å²) in [6, 6.07) is 9.28. The van der Waals surface area contributed by atoms with E-state index in [9.17, 15) is 4.79 Å². The van der Waals surface area contributed by atoms with Crippen LogP contribution in [0.15, 0.2) is 47.2 Å². The first-order valence-corrected chi connectivity index (χ1v) is 6.53. The summed E-state index contributed by atoms with van der Waals surface area (Å²) in [6.45, 7) is 0. The Morgan fingerprint density at radius 1 is 1.26 bits per heavy atom. The van der Waals surface area contributed by atoms with Crippen molar-refractivity contribution in [3.63, 3.8) is 0 Å². The summed E-state index contributed by atoms with van der Waals surface area (Å²) in [5, 5.41) is 4.93. The van der Waals surface area contributed by atoms with Gasteiger partial charge in [0.1, 0.15) is 5.69 Å². The van der Waals surface area contributed by atoms with E-state index in [1.54, 1.807) is 24.1 Å². The van der Waals surface area contributed by atoms with E-state index < -0.39 is 0 Å². The third-order valence-corrected chi connectivity index (χ3v) is 3.58. The quantitative estimate of drug-likeness (QED) is 0.683. The topological polar surface area (TPSA) is 47.8 Å². The Bertz CT molecular complexity index is 754. The lowest BCUT2D eigenvalue weighted by Gasteiger charge is -2.06. The Hall–Kier alpha value is -2.01. The van der Waals surface area contributed by atoms with Crippen molar-refractivity contribution in [2.75, 3.05) is 0 Å². The fourth-order valence-electron chi connectivity index (χ4n) is 2.10. The molecule has 0 atom stereocenters. The van der Waals surface area contributed by atoms with Gasteiger partial charge in [0.05, 0.1) is 16.2 Å². The van der Waals surface area contributed by atoms with Crippen molar-refractivity contribution >= 4 is 32.6 Å². The fourth-order valence-corrected chi connectivity index (χ4v) is 2.62. The highest BCUT2D eigenvalue weighted by Crippen LogP contribution is 2.23. The van der Waals surface area contributed by atoms with Crippen LogP contribution in [0.25, 0.3) is 10.9 Å². The zero-order chi connectivity index (χ0) is 13.4. The van der Waals surface area contributed by atoms with Gasteiger partial charge in [-0.2, -0.15) is 5.10 Å². The molecule has 2 aromatic heterocycles. The SMILES string of the molecule is Cn1ncc(Br)c1C(=O)c1cccc2ncccc12. The van der Waals surface area contributed by atoms with E-state index >= 15 is 0 Å². The second kappa shape index (κ2) is 4.59. The predicted octanol–water partition coefficient (Wildman–Crippen LogP) is 2.96. The first kappa shape index (κ1) is 12.0. The summed E-state index contributed by atoms with van der Waals surface area (Å²) in [7, 11) is 1.75. The Kier molecular flexibility index (Phi) is 2.91. The number of aromatic nitrogens is 3. The lowest BCUT2D eigenvalue weighted by Crippen LogP contribution is -2.09. The Labute approximate surface area is 118 Å². The molecule has 0 aliphatic carbocycles. The number of rotatable bonds is 2. The molecule has 5 heteroatoms. The molecule has 0 fully saturated rings. The molecule has 94 valence electrons. The monoisotopic (exact) mass is 315 g/mol. The average molecular weight is 316 g/mol. The maximum Gasteiger partial charge on any atom is 0.212 e. The Balaban J connectivity index is 2.23. The number of pyridine rings is 1. The minimum atomic E-state index is -0.0644. The third kappa shape index (κ3) is 1.96. The predicted molar refractivity (Wildman–Crippen MR) is 76.1 cm³/mol. The van der Waals surface area contributed by atoms with Gasteiger partial charge in [-0.1, -0.05) is 18.2 Å². The van der Waals surface area contributed by atoms with Gasteiger partial charge < -0.3 is 0 Å². The fraction of sp³-hybridized carbons (Fsp3) is 0.0714. The van der Waals surface area contributed by atoms with E-state index in [1.807, 2.05) is 30.3 Å². The van der Waals surface area contributed by atoms with Gasteiger partial charge in [-0.25, -0.2) is 0 Å². The standard InChI is InChI=1S/C14H10BrN3O/c1-18-13(11(15)8-17-18)14(19)10-4-2-6-12-9(10)5-3-7-16-12/h2-8H,1H3. The molecular formula is C14H10BrN3O. The normalized spacial score (nSPS) is 10.8. The van der Waals surface area contributed by atoms with E-state index in [2.05, 4.69) is 26.0 Å². The molecule has 2 heterocycles. The van der Waals surface area contributed by atoms with Crippen LogP contribution in [0.1, 0.15) is 16.1 Å². The second-order valence-corrected chi connectivity index (χ2v) is 5.02. The number of hydrogen-bond acceptors (Lipinski definition) is 3. The second-order valence-electron chi connectivity index (χ2n) is 4.17. The maximum atomic E-state index is 12.6. The largest absolute Gasteiger partial charge is 0.287 e. The summed E-state index contributed by atoms with van der Waals surface area (Å²) in [5.74, 6) is -0.0644. The van der Waals surface area contributed by atoms with Gasteiger partial charge >= 0.3 is 0 Å². The molecule has 3 aromatic rings. The van der Waals surface area contributed by atoms with Crippen LogP contribution in [0.2, 0.25) is 0 Å². The number of hydrogen-bond donors (Lipinski definition) is 0. The summed E-state index contributed by atoms with van der Waals surface area (Å²) in [4.78, 5) is 16.9. The Morgan fingerprint density at radius 2 is 2.11 bits per heavy atom. The molecule has 19 heavy (non-hydrogen) atoms. The van der Waals surface area contributed by atoms with Gasteiger partial charge in [-0.15, -0.1) is 0 Å². The van der Waals surface area contributed by atoms with E-state index in [4.69, 9.17) is 0 Å². The van der Waals surface area contributed by atoms with Gasteiger partial charge in [0.2, 0.25) is 5.78 Å². The molecule has 0 amide bonds. The molecule has 4 nitrogen and oxygen atoms in total. The van der Waals surface area contributed by atoms with E-state index in [0.29, 0.717) is 15.7 Å². The number of benzene rings is 1. The molecule has 1 aromatic carbocycles. The average Bonchev–Trinajstić information content (AvgIpc) is 2.77. The lowest BCUT2D eigenvalue weighted by atomic mass is 10.0. The molecule has 0 spiro atoms. The summed E-state index contributed by atoms with van der Waals surface area (Å²) in [6.07, 6.45) is 3.34. The first-order chi connectivity index (χ1) is 9.18. The summed E-state index contributed by atoms with van der Waals surface area (Å²) < 4.78 is 2.27. The number of fused-ring (bicyclic) bond motifs is 1. The van der Waals surface area contributed by atoms with Crippen LogP contribution in [-0.2, 0) is 7.05 Å². The van der Waals surface area contributed by atoms with E-state index in [1.165, 1.54) is 0 Å². The van der Waals surface area contributed by atoms with Crippen LogP contribution < -0.4 is 0 Å². The number of carbonyl (C=O) groups is 1. The summed E-state index contributed by atoms with van der Waals surface area (Å²) in [5.41, 5.74) is 1.98. The molecule has 0 unspecified atom stereocenters. The van der Waals surface area contributed by atoms with Crippen LogP contribution in [0.5, 0.6) is 0 Å². The van der Waals surface area contributed by atoms with Crippen molar-refractivity contribution < 1.29 is 4.79 Å². The highest BCUT2D eigenvalue weighted by molar-refractivity contribution is 9.10. The molecule has 0 aliphatic rings. The van der Waals surface area contributed by atoms with Gasteiger partial charge in [0.25, 0.3) is 0 Å². The molecule has 0 saturated heterocycles. The van der Waals surface area contributed by atoms with Crippen molar-refractivity contribution in [2.24, 2.45) is 7.05 Å². The number of carbonyl (C=O) groups excluding carboxylic acids is 1. The van der Waals surface area contributed by atoms with E-state index in [0.717, 1.165) is 10.9 Å².